The third-order valence-corrected chi connectivity index (χ3v) is 5.29. The topological polar surface area (TPSA) is 46.9 Å². The summed E-state index contributed by atoms with van der Waals surface area (Å²) < 4.78 is 1.89. The van der Waals surface area contributed by atoms with E-state index in [1.807, 2.05) is 72.4 Å². The lowest BCUT2D eigenvalue weighted by atomic mass is 10.1. The average Bonchev–Trinajstić information content (AvgIpc) is 3.10. The Balaban J connectivity index is 1.56. The average molecular weight is 404 g/mol. The van der Waals surface area contributed by atoms with Gasteiger partial charge in [0.1, 0.15) is 0 Å². The third-order valence-electron chi connectivity index (χ3n) is 5.05. The number of hydrogen-bond donors (Lipinski definition) is 1. The van der Waals surface area contributed by atoms with Crippen molar-refractivity contribution in [3.63, 3.8) is 0 Å². The first-order valence-electron chi connectivity index (χ1n) is 9.57. The lowest BCUT2D eigenvalue weighted by Gasteiger charge is -2.15. The molecular formula is C24H22ClN3O. The van der Waals surface area contributed by atoms with Crippen molar-refractivity contribution in [2.24, 2.45) is 0 Å². The molecule has 4 rings (SSSR count). The quantitative estimate of drug-likeness (QED) is 0.475. The number of nitrogens with zero attached hydrogens (tertiary/aromatic N) is 2. The van der Waals surface area contributed by atoms with Gasteiger partial charge in [-0.25, -0.2) is 0 Å². The van der Waals surface area contributed by atoms with E-state index in [-0.39, 0.29) is 11.9 Å². The number of benzene rings is 3. The van der Waals surface area contributed by atoms with Gasteiger partial charge in [-0.15, -0.1) is 0 Å². The van der Waals surface area contributed by atoms with Crippen LogP contribution in [-0.4, -0.2) is 15.7 Å². The first kappa shape index (κ1) is 19.2. The lowest BCUT2D eigenvalue weighted by molar-refractivity contribution is 0.0940. The van der Waals surface area contributed by atoms with Crippen molar-refractivity contribution in [1.82, 2.24) is 15.1 Å². The monoisotopic (exact) mass is 403 g/mol. The van der Waals surface area contributed by atoms with E-state index in [0.29, 0.717) is 17.1 Å². The molecule has 1 atom stereocenters. The summed E-state index contributed by atoms with van der Waals surface area (Å²) >= 11 is 6.09. The maximum Gasteiger partial charge on any atom is 0.251 e. The second kappa shape index (κ2) is 8.10. The Morgan fingerprint density at radius 1 is 1.10 bits per heavy atom. The van der Waals surface area contributed by atoms with Gasteiger partial charge in [-0.2, -0.15) is 5.10 Å². The third kappa shape index (κ3) is 4.33. The summed E-state index contributed by atoms with van der Waals surface area (Å²) in [6.07, 6.45) is 1.82. The van der Waals surface area contributed by atoms with E-state index in [1.165, 1.54) is 5.56 Å². The van der Waals surface area contributed by atoms with Crippen LogP contribution < -0.4 is 5.32 Å². The standard InChI is InChI=1S/C24H22ClN3O/c1-16-6-8-19(9-7-16)17(2)27-24(29)20-10-11-21-14-26-28(23(21)13-20)15-18-4-3-5-22(25)12-18/h3-14,17H,15H2,1-2H3,(H,27,29). The Morgan fingerprint density at radius 3 is 2.66 bits per heavy atom. The van der Waals surface area contributed by atoms with Crippen LogP contribution in [-0.2, 0) is 6.54 Å². The van der Waals surface area contributed by atoms with Gasteiger partial charge in [0.2, 0.25) is 0 Å². The van der Waals surface area contributed by atoms with Crippen molar-refractivity contribution in [1.29, 1.82) is 0 Å². The van der Waals surface area contributed by atoms with Crippen molar-refractivity contribution in [3.8, 4) is 0 Å². The molecule has 4 nitrogen and oxygen atoms in total. The molecule has 1 N–H and O–H groups in total. The highest BCUT2D eigenvalue weighted by molar-refractivity contribution is 6.30. The molecule has 0 spiro atoms. The minimum atomic E-state index is -0.101. The van der Waals surface area contributed by atoms with Crippen LogP contribution in [0.5, 0.6) is 0 Å². The highest BCUT2D eigenvalue weighted by Crippen LogP contribution is 2.20. The zero-order valence-corrected chi connectivity index (χ0v) is 17.1. The molecule has 0 aliphatic carbocycles. The number of aromatic nitrogens is 2. The number of amides is 1. The molecule has 5 heteroatoms. The van der Waals surface area contributed by atoms with Gasteiger partial charge in [0.25, 0.3) is 5.91 Å². The minimum Gasteiger partial charge on any atom is -0.346 e. The normalized spacial score (nSPS) is 12.1. The largest absolute Gasteiger partial charge is 0.346 e. The molecule has 1 amide bonds. The van der Waals surface area contributed by atoms with Crippen LogP contribution in [0.2, 0.25) is 5.02 Å². The van der Waals surface area contributed by atoms with Crippen molar-refractivity contribution in [2.45, 2.75) is 26.4 Å². The Morgan fingerprint density at radius 2 is 1.90 bits per heavy atom. The summed E-state index contributed by atoms with van der Waals surface area (Å²) in [5.41, 5.74) is 4.87. The number of hydrogen-bond acceptors (Lipinski definition) is 2. The first-order chi connectivity index (χ1) is 14.0. The van der Waals surface area contributed by atoms with E-state index in [0.717, 1.165) is 22.0 Å². The van der Waals surface area contributed by atoms with Crippen molar-refractivity contribution >= 4 is 28.4 Å². The second-order valence-electron chi connectivity index (χ2n) is 7.31. The summed E-state index contributed by atoms with van der Waals surface area (Å²) in [5, 5.41) is 9.25. The maximum absolute atomic E-state index is 12.8. The zero-order chi connectivity index (χ0) is 20.4. The molecule has 0 aliphatic heterocycles. The highest BCUT2D eigenvalue weighted by atomic mass is 35.5. The van der Waals surface area contributed by atoms with Crippen LogP contribution in [0.3, 0.4) is 0 Å². The second-order valence-corrected chi connectivity index (χ2v) is 7.75. The molecule has 0 bridgehead atoms. The maximum atomic E-state index is 12.8. The number of carbonyl (C=O) groups excluding carboxylic acids is 1. The smallest absolute Gasteiger partial charge is 0.251 e. The molecule has 146 valence electrons. The molecule has 0 aliphatic rings. The minimum absolute atomic E-state index is 0.0739. The van der Waals surface area contributed by atoms with E-state index in [1.54, 1.807) is 0 Å². The fourth-order valence-electron chi connectivity index (χ4n) is 3.36. The van der Waals surface area contributed by atoms with Crippen molar-refractivity contribution in [2.75, 3.05) is 0 Å². The predicted molar refractivity (Wildman–Crippen MR) is 117 cm³/mol. The van der Waals surface area contributed by atoms with Gasteiger partial charge >= 0.3 is 0 Å². The summed E-state index contributed by atoms with van der Waals surface area (Å²) in [4.78, 5) is 12.8. The summed E-state index contributed by atoms with van der Waals surface area (Å²) in [6.45, 7) is 4.63. The number of nitrogens with one attached hydrogen (secondary N) is 1. The van der Waals surface area contributed by atoms with Gasteiger partial charge in [0.15, 0.2) is 0 Å². The zero-order valence-electron chi connectivity index (χ0n) is 16.4. The molecule has 1 unspecified atom stereocenters. The fraction of sp³-hybridized carbons (Fsp3) is 0.167. The molecule has 29 heavy (non-hydrogen) atoms. The van der Waals surface area contributed by atoms with Crippen molar-refractivity contribution in [3.05, 3.63) is 100 Å². The summed E-state index contributed by atoms with van der Waals surface area (Å²) in [7, 11) is 0. The molecule has 0 saturated carbocycles. The summed E-state index contributed by atoms with van der Waals surface area (Å²) in [6, 6.07) is 21.5. The van der Waals surface area contributed by atoms with Gasteiger partial charge < -0.3 is 5.32 Å². The Hall–Kier alpha value is -3.11. The van der Waals surface area contributed by atoms with Crippen molar-refractivity contribution < 1.29 is 4.79 Å². The highest BCUT2D eigenvalue weighted by Gasteiger charge is 2.13. The predicted octanol–water partition coefficient (Wildman–Crippen LogP) is 5.54. The number of carbonyl (C=O) groups is 1. The molecule has 0 radical (unpaired) electrons. The van der Waals surface area contributed by atoms with E-state index in [4.69, 9.17) is 11.6 Å². The summed E-state index contributed by atoms with van der Waals surface area (Å²) in [5.74, 6) is -0.101. The Kier molecular flexibility index (Phi) is 5.36. The van der Waals surface area contributed by atoms with E-state index in [9.17, 15) is 4.79 Å². The molecule has 4 aromatic rings. The SMILES string of the molecule is Cc1ccc(C(C)NC(=O)c2ccc3cnn(Cc4cccc(Cl)c4)c3c2)cc1. The molecule has 0 fully saturated rings. The number of rotatable bonds is 5. The molecule has 3 aromatic carbocycles. The number of aryl methyl sites for hydroxylation is 1. The van der Waals surface area contributed by atoms with Crippen LogP contribution in [0.1, 0.15) is 40.0 Å². The van der Waals surface area contributed by atoms with Crippen LogP contribution in [0.15, 0.2) is 72.9 Å². The van der Waals surface area contributed by atoms with Gasteiger partial charge in [-0.1, -0.05) is 59.6 Å². The van der Waals surface area contributed by atoms with Gasteiger partial charge in [-0.05, 0) is 49.2 Å². The first-order valence-corrected chi connectivity index (χ1v) is 9.95. The van der Waals surface area contributed by atoms with Gasteiger partial charge in [0, 0.05) is 16.0 Å². The Bertz CT molecular complexity index is 1160. The molecule has 1 aromatic heterocycles. The van der Waals surface area contributed by atoms with Crippen LogP contribution in [0.4, 0.5) is 0 Å². The van der Waals surface area contributed by atoms with E-state index in [2.05, 4.69) is 29.5 Å². The van der Waals surface area contributed by atoms with Gasteiger partial charge in [0.05, 0.1) is 24.3 Å². The van der Waals surface area contributed by atoms with Crippen LogP contribution in [0, 0.1) is 6.92 Å². The molecular weight excluding hydrogens is 382 g/mol. The molecule has 1 heterocycles. The van der Waals surface area contributed by atoms with Crippen LogP contribution >= 0.6 is 11.6 Å². The Labute approximate surface area is 175 Å². The lowest BCUT2D eigenvalue weighted by Crippen LogP contribution is -2.26. The van der Waals surface area contributed by atoms with Gasteiger partial charge in [-0.3, -0.25) is 9.48 Å². The number of halogens is 1. The van der Waals surface area contributed by atoms with E-state index >= 15 is 0 Å². The van der Waals surface area contributed by atoms with E-state index < -0.39 is 0 Å². The fourth-order valence-corrected chi connectivity index (χ4v) is 3.58. The number of fused-ring (bicyclic) bond motifs is 1. The molecule has 0 saturated heterocycles. The van der Waals surface area contributed by atoms with Crippen LogP contribution in [0.25, 0.3) is 10.9 Å².